The van der Waals surface area contributed by atoms with Gasteiger partial charge in [0, 0.05) is 30.2 Å². The quantitative estimate of drug-likeness (QED) is 0.789. The Hall–Kier alpha value is -2.42. The second kappa shape index (κ2) is 7.03. The summed E-state index contributed by atoms with van der Waals surface area (Å²) in [6, 6.07) is 1.36. The number of hydrogen-bond acceptors (Lipinski definition) is 5. The van der Waals surface area contributed by atoms with Gasteiger partial charge in [-0.1, -0.05) is 0 Å². The highest BCUT2D eigenvalue weighted by molar-refractivity contribution is 7.13. The molecule has 1 aromatic heterocycles. The number of carbonyl (C=O) groups excluding carboxylic acids is 1. The molecule has 3 N–H and O–H groups in total. The number of aromatic nitrogens is 1. The van der Waals surface area contributed by atoms with Crippen molar-refractivity contribution in [3.63, 3.8) is 0 Å². The first-order valence-corrected chi connectivity index (χ1v) is 7.11. The van der Waals surface area contributed by atoms with Crippen molar-refractivity contribution >= 4 is 28.2 Å². The van der Waals surface area contributed by atoms with Crippen LogP contribution in [0.5, 0.6) is 5.75 Å². The molecule has 0 aliphatic heterocycles. The number of anilines is 2. The zero-order chi connectivity index (χ0) is 16.1. The van der Waals surface area contributed by atoms with Crippen molar-refractivity contribution in [1.82, 2.24) is 10.3 Å². The zero-order valence-electron chi connectivity index (χ0n) is 11.9. The summed E-state index contributed by atoms with van der Waals surface area (Å²) in [4.78, 5) is 15.9. The number of nitrogens with zero attached hydrogens (tertiary/aromatic N) is 1. The third-order valence-corrected chi connectivity index (χ3v) is 3.56. The summed E-state index contributed by atoms with van der Waals surface area (Å²) in [6.07, 6.45) is 0. The van der Waals surface area contributed by atoms with Crippen LogP contribution in [-0.2, 0) is 6.54 Å². The molecule has 9 heteroatoms. The lowest BCUT2D eigenvalue weighted by Crippen LogP contribution is -2.28. The van der Waals surface area contributed by atoms with Gasteiger partial charge in [0.05, 0.1) is 19.3 Å². The van der Waals surface area contributed by atoms with Crippen LogP contribution in [0.2, 0.25) is 0 Å². The predicted octanol–water partition coefficient (Wildman–Crippen LogP) is 2.79. The standard InChI is InChI=1S/C13H14F2N4O2S/c1-16-13-19-8(6-22-13)5-17-12(20)18-7-3-9(14)11(21-2)10(15)4-7/h3-4,6H,5H2,1-2H3,(H,16,19)(H2,17,18,20). The van der Waals surface area contributed by atoms with Crippen molar-refractivity contribution in [2.45, 2.75) is 6.54 Å². The first-order valence-electron chi connectivity index (χ1n) is 6.23. The molecule has 118 valence electrons. The first-order chi connectivity index (χ1) is 10.5. The molecule has 1 aromatic carbocycles. The molecule has 0 radical (unpaired) electrons. The maximum atomic E-state index is 13.5. The molecule has 0 aliphatic carbocycles. The van der Waals surface area contributed by atoms with Crippen LogP contribution in [0.25, 0.3) is 0 Å². The van der Waals surface area contributed by atoms with Crippen LogP contribution in [0.3, 0.4) is 0 Å². The third kappa shape index (κ3) is 3.82. The van der Waals surface area contributed by atoms with Gasteiger partial charge in [-0.2, -0.15) is 0 Å². The van der Waals surface area contributed by atoms with Crippen molar-refractivity contribution in [3.8, 4) is 5.75 Å². The molecule has 0 unspecified atom stereocenters. The number of halogens is 2. The molecular formula is C13H14F2N4O2S. The lowest BCUT2D eigenvalue weighted by atomic mass is 10.2. The van der Waals surface area contributed by atoms with E-state index in [0.29, 0.717) is 5.69 Å². The van der Waals surface area contributed by atoms with Gasteiger partial charge in [0.1, 0.15) is 0 Å². The van der Waals surface area contributed by atoms with E-state index < -0.39 is 23.4 Å². The van der Waals surface area contributed by atoms with Gasteiger partial charge in [0.2, 0.25) is 0 Å². The minimum absolute atomic E-state index is 0.0116. The summed E-state index contributed by atoms with van der Waals surface area (Å²) < 4.78 is 31.6. The molecule has 0 saturated carbocycles. The van der Waals surface area contributed by atoms with Crippen LogP contribution in [0.4, 0.5) is 24.4 Å². The Morgan fingerprint density at radius 1 is 1.36 bits per heavy atom. The van der Waals surface area contributed by atoms with Crippen LogP contribution in [-0.4, -0.2) is 25.2 Å². The molecule has 0 bridgehead atoms. The summed E-state index contributed by atoms with van der Waals surface area (Å²) >= 11 is 1.41. The van der Waals surface area contributed by atoms with Crippen LogP contribution in [0, 0.1) is 11.6 Å². The maximum Gasteiger partial charge on any atom is 0.319 e. The van der Waals surface area contributed by atoms with Crippen molar-refractivity contribution < 1.29 is 18.3 Å². The van der Waals surface area contributed by atoms with Gasteiger partial charge in [0.25, 0.3) is 0 Å². The SMILES string of the molecule is CNc1nc(CNC(=O)Nc2cc(F)c(OC)c(F)c2)cs1. The van der Waals surface area contributed by atoms with Gasteiger partial charge >= 0.3 is 6.03 Å². The number of nitrogens with one attached hydrogen (secondary N) is 3. The molecule has 0 atom stereocenters. The summed E-state index contributed by atoms with van der Waals surface area (Å²) in [7, 11) is 2.91. The molecule has 22 heavy (non-hydrogen) atoms. The molecule has 2 aromatic rings. The van der Waals surface area contributed by atoms with Gasteiger partial charge in [0.15, 0.2) is 22.5 Å². The molecule has 6 nitrogen and oxygen atoms in total. The number of ether oxygens (including phenoxy) is 1. The average Bonchev–Trinajstić information content (AvgIpc) is 2.93. The van der Waals surface area contributed by atoms with E-state index in [2.05, 4.69) is 25.7 Å². The predicted molar refractivity (Wildman–Crippen MR) is 80.4 cm³/mol. The second-order valence-corrected chi connectivity index (χ2v) is 5.03. The summed E-state index contributed by atoms with van der Waals surface area (Å²) in [6.45, 7) is 0.200. The number of carbonyl (C=O) groups is 1. The Bertz CT molecular complexity index is 655. The Labute approximate surface area is 129 Å². The van der Waals surface area contributed by atoms with Gasteiger partial charge in [-0.3, -0.25) is 0 Å². The zero-order valence-corrected chi connectivity index (χ0v) is 12.7. The van der Waals surface area contributed by atoms with Crippen molar-refractivity contribution in [2.24, 2.45) is 0 Å². The molecule has 0 saturated heterocycles. The Kier molecular flexibility index (Phi) is 5.10. The molecule has 0 spiro atoms. The van der Waals surface area contributed by atoms with Crippen molar-refractivity contribution in [2.75, 3.05) is 24.8 Å². The van der Waals surface area contributed by atoms with E-state index in [1.807, 2.05) is 0 Å². The average molecular weight is 328 g/mol. The highest BCUT2D eigenvalue weighted by Gasteiger charge is 2.13. The van der Waals surface area contributed by atoms with Gasteiger partial charge < -0.3 is 20.7 Å². The molecule has 0 fully saturated rings. The normalized spacial score (nSPS) is 10.2. The fourth-order valence-corrected chi connectivity index (χ4v) is 2.35. The van der Waals surface area contributed by atoms with Crippen LogP contribution < -0.4 is 20.7 Å². The Morgan fingerprint density at radius 2 is 2.05 bits per heavy atom. The molecule has 2 amide bonds. The first kappa shape index (κ1) is 16.0. The summed E-state index contributed by atoms with van der Waals surface area (Å²) in [5.41, 5.74) is 0.666. The van der Waals surface area contributed by atoms with E-state index in [4.69, 9.17) is 0 Å². The molecule has 2 rings (SSSR count). The smallest absolute Gasteiger partial charge is 0.319 e. The Morgan fingerprint density at radius 3 is 2.59 bits per heavy atom. The summed E-state index contributed by atoms with van der Waals surface area (Å²) in [5.74, 6) is -2.28. The van der Waals surface area contributed by atoms with E-state index in [1.54, 1.807) is 12.4 Å². The van der Waals surface area contributed by atoms with E-state index in [9.17, 15) is 13.6 Å². The van der Waals surface area contributed by atoms with Gasteiger partial charge in [-0.15, -0.1) is 11.3 Å². The van der Waals surface area contributed by atoms with Crippen LogP contribution in [0.15, 0.2) is 17.5 Å². The Balaban J connectivity index is 1.94. The highest BCUT2D eigenvalue weighted by Crippen LogP contribution is 2.25. The third-order valence-electron chi connectivity index (χ3n) is 2.66. The van der Waals surface area contributed by atoms with Gasteiger partial charge in [-0.25, -0.2) is 18.6 Å². The second-order valence-electron chi connectivity index (χ2n) is 4.17. The monoisotopic (exact) mass is 328 g/mol. The molecule has 0 aliphatic rings. The largest absolute Gasteiger partial charge is 0.491 e. The lowest BCUT2D eigenvalue weighted by Gasteiger charge is -2.09. The van der Waals surface area contributed by atoms with E-state index in [-0.39, 0.29) is 12.2 Å². The highest BCUT2D eigenvalue weighted by atomic mass is 32.1. The molecule has 1 heterocycles. The number of rotatable bonds is 5. The fraction of sp³-hybridized carbons (Fsp3) is 0.231. The van der Waals surface area contributed by atoms with Crippen molar-refractivity contribution in [3.05, 3.63) is 34.8 Å². The van der Waals surface area contributed by atoms with E-state index >= 15 is 0 Å². The molecular weight excluding hydrogens is 314 g/mol. The number of benzene rings is 1. The van der Waals surface area contributed by atoms with Crippen molar-refractivity contribution in [1.29, 1.82) is 0 Å². The number of urea groups is 1. The minimum atomic E-state index is -0.893. The number of hydrogen-bond donors (Lipinski definition) is 3. The fourth-order valence-electron chi connectivity index (χ4n) is 1.68. The van der Waals surface area contributed by atoms with E-state index in [1.165, 1.54) is 11.3 Å². The number of methoxy groups -OCH3 is 1. The van der Waals surface area contributed by atoms with Gasteiger partial charge in [-0.05, 0) is 0 Å². The number of amides is 2. The topological polar surface area (TPSA) is 75.3 Å². The minimum Gasteiger partial charge on any atom is -0.491 e. The summed E-state index contributed by atoms with van der Waals surface area (Å²) in [5, 5.41) is 10.3. The maximum absolute atomic E-state index is 13.5. The van der Waals surface area contributed by atoms with Crippen LogP contribution >= 0.6 is 11.3 Å². The number of thiazole rings is 1. The lowest BCUT2D eigenvalue weighted by molar-refractivity contribution is 0.251. The van der Waals surface area contributed by atoms with Crippen LogP contribution in [0.1, 0.15) is 5.69 Å². The van der Waals surface area contributed by atoms with E-state index in [0.717, 1.165) is 24.4 Å².